The van der Waals surface area contributed by atoms with Crippen molar-refractivity contribution in [1.82, 2.24) is 15.1 Å². The molecule has 0 saturated heterocycles. The van der Waals surface area contributed by atoms with Crippen molar-refractivity contribution in [2.45, 2.75) is 51.1 Å². The van der Waals surface area contributed by atoms with Crippen LogP contribution < -0.4 is 0 Å². The molecule has 2 heterocycles. The molecule has 1 saturated carbocycles. The van der Waals surface area contributed by atoms with E-state index in [0.717, 1.165) is 17.3 Å². The van der Waals surface area contributed by atoms with E-state index in [0.29, 0.717) is 11.9 Å². The van der Waals surface area contributed by atoms with Crippen LogP contribution in [0.3, 0.4) is 0 Å². The molecule has 2 aromatic heterocycles. The number of aromatic nitrogens is 2. The number of thiophene rings is 1. The molecular weight excluding hydrogens is 270 g/mol. The van der Waals surface area contributed by atoms with Gasteiger partial charge in [-0.1, -0.05) is 31.7 Å². The van der Waals surface area contributed by atoms with Gasteiger partial charge in [-0.2, -0.15) is 0 Å². The average molecular weight is 291 g/mol. The quantitative estimate of drug-likeness (QED) is 0.800. The Balaban J connectivity index is 1.62. The summed E-state index contributed by atoms with van der Waals surface area (Å²) in [5, 5.41) is 10.3. The smallest absolute Gasteiger partial charge is 0.257 e. The molecule has 1 fully saturated rings. The summed E-state index contributed by atoms with van der Waals surface area (Å²) in [6.45, 7) is 0.753. The molecule has 108 valence electrons. The molecule has 0 N–H and O–H groups in total. The lowest BCUT2D eigenvalue weighted by atomic mass is 10.1. The minimum atomic E-state index is 0.643. The van der Waals surface area contributed by atoms with Crippen molar-refractivity contribution in [3.05, 3.63) is 23.4 Å². The first kappa shape index (κ1) is 13.8. The largest absolute Gasteiger partial charge is 0.419 e. The van der Waals surface area contributed by atoms with E-state index in [9.17, 15) is 0 Å². The molecular formula is C15H21N3OS. The maximum atomic E-state index is 5.77. The zero-order valence-corrected chi connectivity index (χ0v) is 12.7. The number of hydrogen-bond acceptors (Lipinski definition) is 5. The van der Waals surface area contributed by atoms with Gasteiger partial charge in [-0.15, -0.1) is 21.5 Å². The summed E-state index contributed by atoms with van der Waals surface area (Å²) >= 11 is 1.63. The van der Waals surface area contributed by atoms with Gasteiger partial charge in [-0.05, 0) is 31.3 Å². The lowest BCUT2D eigenvalue weighted by molar-refractivity contribution is 0.195. The Kier molecular flexibility index (Phi) is 4.47. The summed E-state index contributed by atoms with van der Waals surface area (Å²) in [6, 6.07) is 4.67. The van der Waals surface area contributed by atoms with Gasteiger partial charge in [0.1, 0.15) is 0 Å². The highest BCUT2D eigenvalue weighted by molar-refractivity contribution is 7.13. The van der Waals surface area contributed by atoms with Crippen LogP contribution in [-0.4, -0.2) is 28.2 Å². The van der Waals surface area contributed by atoms with Gasteiger partial charge in [0, 0.05) is 6.04 Å². The Bertz CT molecular complexity index is 515. The normalized spacial score (nSPS) is 17.5. The second-order valence-electron chi connectivity index (χ2n) is 5.54. The Hall–Kier alpha value is -1.20. The van der Waals surface area contributed by atoms with E-state index in [2.05, 4.69) is 22.1 Å². The Morgan fingerprint density at radius 3 is 2.75 bits per heavy atom. The predicted molar refractivity (Wildman–Crippen MR) is 80.6 cm³/mol. The first-order valence-corrected chi connectivity index (χ1v) is 8.27. The van der Waals surface area contributed by atoms with Gasteiger partial charge >= 0.3 is 0 Å². The second-order valence-corrected chi connectivity index (χ2v) is 6.49. The van der Waals surface area contributed by atoms with Crippen molar-refractivity contribution in [2.24, 2.45) is 0 Å². The average Bonchev–Trinajstić information content (AvgIpc) is 3.05. The highest BCUT2D eigenvalue weighted by Gasteiger charge is 2.19. The van der Waals surface area contributed by atoms with E-state index in [4.69, 9.17) is 4.42 Å². The van der Waals surface area contributed by atoms with Gasteiger partial charge in [0.2, 0.25) is 5.89 Å². The van der Waals surface area contributed by atoms with Gasteiger partial charge in [-0.25, -0.2) is 0 Å². The summed E-state index contributed by atoms with van der Waals surface area (Å²) in [6.07, 6.45) is 8.05. The van der Waals surface area contributed by atoms with Crippen LogP contribution in [0, 0.1) is 0 Å². The minimum Gasteiger partial charge on any atom is -0.419 e. The van der Waals surface area contributed by atoms with Crippen LogP contribution in [0.5, 0.6) is 0 Å². The molecule has 0 unspecified atom stereocenters. The third-order valence-electron chi connectivity index (χ3n) is 4.03. The first-order valence-electron chi connectivity index (χ1n) is 7.39. The number of nitrogens with zero attached hydrogens (tertiary/aromatic N) is 3. The SMILES string of the molecule is CN(Cc1nnc(-c2cccs2)o1)C1CCCCCC1. The molecule has 0 spiro atoms. The summed E-state index contributed by atoms with van der Waals surface area (Å²) in [5.41, 5.74) is 0. The minimum absolute atomic E-state index is 0.643. The standard InChI is InChI=1S/C15H21N3OS/c1-18(12-7-4-2-3-5-8-12)11-14-16-17-15(19-14)13-9-6-10-20-13/h6,9-10,12H,2-5,7-8,11H2,1H3. The van der Waals surface area contributed by atoms with Crippen LogP contribution in [0.1, 0.15) is 44.4 Å². The molecule has 0 amide bonds. The zero-order valence-electron chi connectivity index (χ0n) is 11.9. The Morgan fingerprint density at radius 1 is 1.25 bits per heavy atom. The molecule has 0 aliphatic heterocycles. The third-order valence-corrected chi connectivity index (χ3v) is 4.89. The molecule has 5 heteroatoms. The summed E-state index contributed by atoms with van der Waals surface area (Å²) in [4.78, 5) is 3.41. The maximum Gasteiger partial charge on any atom is 0.257 e. The highest BCUT2D eigenvalue weighted by atomic mass is 32.1. The third kappa shape index (κ3) is 3.27. The van der Waals surface area contributed by atoms with Gasteiger partial charge < -0.3 is 4.42 Å². The summed E-state index contributed by atoms with van der Waals surface area (Å²) in [7, 11) is 2.17. The van der Waals surface area contributed by atoms with Crippen molar-refractivity contribution in [3.8, 4) is 10.8 Å². The second kappa shape index (κ2) is 6.50. The molecule has 2 aromatic rings. The van der Waals surface area contributed by atoms with E-state index in [1.165, 1.54) is 38.5 Å². The van der Waals surface area contributed by atoms with Crippen LogP contribution in [0.2, 0.25) is 0 Å². The van der Waals surface area contributed by atoms with Gasteiger partial charge in [0.25, 0.3) is 5.89 Å². The fourth-order valence-electron chi connectivity index (χ4n) is 2.86. The van der Waals surface area contributed by atoms with Crippen molar-refractivity contribution >= 4 is 11.3 Å². The molecule has 1 aliphatic rings. The highest BCUT2D eigenvalue weighted by Crippen LogP contribution is 2.25. The van der Waals surface area contributed by atoms with E-state index in [-0.39, 0.29) is 0 Å². The van der Waals surface area contributed by atoms with Gasteiger partial charge in [0.05, 0.1) is 11.4 Å². The molecule has 0 aromatic carbocycles. The van der Waals surface area contributed by atoms with E-state index in [1.54, 1.807) is 11.3 Å². The maximum absolute atomic E-state index is 5.77. The number of rotatable bonds is 4. The van der Waals surface area contributed by atoms with Crippen molar-refractivity contribution < 1.29 is 4.42 Å². The van der Waals surface area contributed by atoms with Crippen molar-refractivity contribution in [3.63, 3.8) is 0 Å². The molecule has 3 rings (SSSR count). The predicted octanol–water partition coefficient (Wildman–Crippen LogP) is 3.95. The van der Waals surface area contributed by atoms with E-state index < -0.39 is 0 Å². The van der Waals surface area contributed by atoms with Crippen LogP contribution in [0.4, 0.5) is 0 Å². The van der Waals surface area contributed by atoms with Crippen LogP contribution >= 0.6 is 11.3 Å². The van der Waals surface area contributed by atoms with Crippen LogP contribution in [0.15, 0.2) is 21.9 Å². The fourth-order valence-corrected chi connectivity index (χ4v) is 3.50. The monoisotopic (exact) mass is 291 g/mol. The fraction of sp³-hybridized carbons (Fsp3) is 0.600. The van der Waals surface area contributed by atoms with E-state index in [1.807, 2.05) is 17.5 Å². The van der Waals surface area contributed by atoms with Crippen LogP contribution in [-0.2, 0) is 6.54 Å². The Morgan fingerprint density at radius 2 is 2.05 bits per heavy atom. The molecule has 0 atom stereocenters. The molecule has 0 radical (unpaired) electrons. The lowest BCUT2D eigenvalue weighted by Gasteiger charge is -2.25. The van der Waals surface area contributed by atoms with Gasteiger partial charge in [0.15, 0.2) is 0 Å². The molecule has 4 nitrogen and oxygen atoms in total. The zero-order chi connectivity index (χ0) is 13.8. The van der Waals surface area contributed by atoms with E-state index >= 15 is 0 Å². The van der Waals surface area contributed by atoms with Crippen molar-refractivity contribution in [2.75, 3.05) is 7.05 Å². The topological polar surface area (TPSA) is 42.2 Å². The molecule has 0 bridgehead atoms. The lowest BCUT2D eigenvalue weighted by Crippen LogP contribution is -2.30. The van der Waals surface area contributed by atoms with Crippen LogP contribution in [0.25, 0.3) is 10.8 Å². The van der Waals surface area contributed by atoms with Crippen molar-refractivity contribution in [1.29, 1.82) is 0 Å². The molecule has 1 aliphatic carbocycles. The first-order chi connectivity index (χ1) is 9.83. The summed E-state index contributed by atoms with van der Waals surface area (Å²) < 4.78 is 5.77. The number of hydrogen-bond donors (Lipinski definition) is 0. The van der Waals surface area contributed by atoms with Gasteiger partial charge in [-0.3, -0.25) is 4.90 Å². The Labute approximate surface area is 123 Å². The molecule has 20 heavy (non-hydrogen) atoms. The summed E-state index contributed by atoms with van der Waals surface area (Å²) in [5.74, 6) is 1.37.